The molecule has 0 saturated carbocycles. The highest BCUT2D eigenvalue weighted by molar-refractivity contribution is 5.00. The summed E-state index contributed by atoms with van der Waals surface area (Å²) in [6.07, 6.45) is 7.47. The third-order valence-corrected chi connectivity index (χ3v) is 4.99. The van der Waals surface area contributed by atoms with Crippen LogP contribution in [0.2, 0.25) is 0 Å². The molecule has 106 valence electrons. The van der Waals surface area contributed by atoms with Crippen LogP contribution in [0.3, 0.4) is 0 Å². The highest BCUT2D eigenvalue weighted by Crippen LogP contribution is 2.31. The van der Waals surface area contributed by atoms with E-state index >= 15 is 0 Å². The standard InChI is InChI=1S/C15H26N4/c1-18-15(4-9-17-18)12-19-10-5-14(6-11-19)13-2-7-16-8-3-13/h4,9,13-14,16H,2-3,5-8,10-12H2,1H3. The van der Waals surface area contributed by atoms with Crippen molar-refractivity contribution in [1.82, 2.24) is 20.0 Å². The SMILES string of the molecule is Cn1nccc1CN1CCC(C2CCNCC2)CC1. The predicted octanol–water partition coefficient (Wildman–Crippen LogP) is 1.63. The molecule has 3 heterocycles. The molecule has 0 amide bonds. The molecule has 1 aromatic rings. The summed E-state index contributed by atoms with van der Waals surface area (Å²) in [7, 11) is 2.04. The summed E-state index contributed by atoms with van der Waals surface area (Å²) in [5, 5.41) is 7.73. The Kier molecular flexibility index (Phi) is 4.18. The Morgan fingerprint density at radius 3 is 2.47 bits per heavy atom. The average Bonchev–Trinajstić information content (AvgIpc) is 2.86. The minimum Gasteiger partial charge on any atom is -0.317 e. The predicted molar refractivity (Wildman–Crippen MR) is 76.8 cm³/mol. The monoisotopic (exact) mass is 262 g/mol. The summed E-state index contributed by atoms with van der Waals surface area (Å²) in [6.45, 7) is 6.06. The molecular formula is C15H26N4. The van der Waals surface area contributed by atoms with Gasteiger partial charge in [-0.2, -0.15) is 5.10 Å². The lowest BCUT2D eigenvalue weighted by molar-refractivity contribution is 0.124. The van der Waals surface area contributed by atoms with Gasteiger partial charge in [-0.25, -0.2) is 0 Å². The second-order valence-electron chi connectivity index (χ2n) is 6.15. The number of piperidine rings is 2. The van der Waals surface area contributed by atoms with Gasteiger partial charge >= 0.3 is 0 Å². The highest BCUT2D eigenvalue weighted by Gasteiger charge is 2.27. The van der Waals surface area contributed by atoms with E-state index in [0.717, 1.165) is 18.4 Å². The molecule has 0 bridgehead atoms. The molecular weight excluding hydrogens is 236 g/mol. The third kappa shape index (κ3) is 3.18. The van der Waals surface area contributed by atoms with Crippen molar-refractivity contribution in [2.45, 2.75) is 32.2 Å². The van der Waals surface area contributed by atoms with E-state index in [0.29, 0.717) is 0 Å². The first-order valence-electron chi connectivity index (χ1n) is 7.73. The third-order valence-electron chi connectivity index (χ3n) is 4.99. The van der Waals surface area contributed by atoms with E-state index in [9.17, 15) is 0 Å². The van der Waals surface area contributed by atoms with Crippen LogP contribution >= 0.6 is 0 Å². The van der Waals surface area contributed by atoms with E-state index in [1.54, 1.807) is 0 Å². The largest absolute Gasteiger partial charge is 0.317 e. The van der Waals surface area contributed by atoms with E-state index in [1.165, 1.54) is 57.6 Å². The lowest BCUT2D eigenvalue weighted by atomic mass is 9.79. The van der Waals surface area contributed by atoms with E-state index in [-0.39, 0.29) is 0 Å². The maximum absolute atomic E-state index is 4.25. The number of hydrogen-bond donors (Lipinski definition) is 1. The molecule has 1 N–H and O–H groups in total. The van der Waals surface area contributed by atoms with Crippen molar-refractivity contribution >= 4 is 0 Å². The zero-order valence-corrected chi connectivity index (χ0v) is 12.0. The van der Waals surface area contributed by atoms with E-state index in [4.69, 9.17) is 0 Å². The van der Waals surface area contributed by atoms with Gasteiger partial charge in [-0.15, -0.1) is 0 Å². The maximum Gasteiger partial charge on any atom is 0.0521 e. The summed E-state index contributed by atoms with van der Waals surface area (Å²) in [5.41, 5.74) is 1.33. The summed E-state index contributed by atoms with van der Waals surface area (Å²) < 4.78 is 2.00. The van der Waals surface area contributed by atoms with Gasteiger partial charge in [0.25, 0.3) is 0 Å². The Bertz CT molecular complexity index is 387. The van der Waals surface area contributed by atoms with Crippen LogP contribution in [0.5, 0.6) is 0 Å². The van der Waals surface area contributed by atoms with Crippen molar-refractivity contribution in [2.24, 2.45) is 18.9 Å². The van der Waals surface area contributed by atoms with Crippen molar-refractivity contribution in [1.29, 1.82) is 0 Å². The van der Waals surface area contributed by atoms with E-state index in [2.05, 4.69) is 21.4 Å². The number of aryl methyl sites for hydroxylation is 1. The Morgan fingerprint density at radius 2 is 1.84 bits per heavy atom. The van der Waals surface area contributed by atoms with Gasteiger partial charge in [-0.1, -0.05) is 0 Å². The molecule has 19 heavy (non-hydrogen) atoms. The average molecular weight is 262 g/mol. The van der Waals surface area contributed by atoms with Gasteiger partial charge in [0.15, 0.2) is 0 Å². The topological polar surface area (TPSA) is 33.1 Å². The van der Waals surface area contributed by atoms with Crippen LogP contribution in [0.25, 0.3) is 0 Å². The molecule has 0 aromatic carbocycles. The van der Waals surface area contributed by atoms with Gasteiger partial charge < -0.3 is 5.32 Å². The number of likely N-dealkylation sites (tertiary alicyclic amines) is 1. The second kappa shape index (κ2) is 6.06. The first-order valence-corrected chi connectivity index (χ1v) is 7.73. The molecule has 1 aromatic heterocycles. The number of nitrogens with one attached hydrogen (secondary N) is 1. The molecule has 0 aliphatic carbocycles. The summed E-state index contributed by atoms with van der Waals surface area (Å²) >= 11 is 0. The Balaban J connectivity index is 1.48. The minimum atomic E-state index is 0.977. The minimum absolute atomic E-state index is 0.977. The normalized spacial score (nSPS) is 23.8. The van der Waals surface area contributed by atoms with Crippen LogP contribution in [0.15, 0.2) is 12.3 Å². The van der Waals surface area contributed by atoms with Crippen molar-refractivity contribution in [3.63, 3.8) is 0 Å². The van der Waals surface area contributed by atoms with Gasteiger partial charge in [0.05, 0.1) is 5.69 Å². The van der Waals surface area contributed by atoms with Crippen LogP contribution in [0, 0.1) is 11.8 Å². The van der Waals surface area contributed by atoms with Crippen molar-refractivity contribution in [3.8, 4) is 0 Å². The highest BCUT2D eigenvalue weighted by atomic mass is 15.3. The molecule has 2 aliphatic heterocycles. The smallest absolute Gasteiger partial charge is 0.0521 e. The molecule has 3 rings (SSSR count). The molecule has 2 saturated heterocycles. The van der Waals surface area contributed by atoms with E-state index < -0.39 is 0 Å². The molecule has 2 aliphatic rings. The van der Waals surface area contributed by atoms with Crippen molar-refractivity contribution in [2.75, 3.05) is 26.2 Å². The first-order chi connectivity index (χ1) is 9.33. The molecule has 0 unspecified atom stereocenters. The number of hydrogen-bond acceptors (Lipinski definition) is 3. The quantitative estimate of drug-likeness (QED) is 0.899. The number of nitrogens with zero attached hydrogens (tertiary/aromatic N) is 3. The number of rotatable bonds is 3. The first kappa shape index (κ1) is 13.1. The van der Waals surface area contributed by atoms with Crippen molar-refractivity contribution in [3.05, 3.63) is 18.0 Å². The van der Waals surface area contributed by atoms with Gasteiger partial charge in [-0.3, -0.25) is 9.58 Å². The van der Waals surface area contributed by atoms with Crippen LogP contribution < -0.4 is 5.32 Å². The van der Waals surface area contributed by atoms with Gasteiger partial charge in [0.2, 0.25) is 0 Å². The maximum atomic E-state index is 4.25. The molecule has 0 radical (unpaired) electrons. The Hall–Kier alpha value is -0.870. The fourth-order valence-corrected chi connectivity index (χ4v) is 3.68. The summed E-state index contributed by atoms with van der Waals surface area (Å²) in [6, 6.07) is 2.14. The van der Waals surface area contributed by atoms with Crippen LogP contribution in [-0.4, -0.2) is 40.9 Å². The van der Waals surface area contributed by atoms with E-state index in [1.807, 2.05) is 17.9 Å². The van der Waals surface area contributed by atoms with Gasteiger partial charge in [-0.05, 0) is 69.8 Å². The summed E-state index contributed by atoms with van der Waals surface area (Å²) in [5.74, 6) is 1.96. The lowest BCUT2D eigenvalue weighted by Crippen LogP contribution is -2.39. The zero-order chi connectivity index (χ0) is 13.1. The summed E-state index contributed by atoms with van der Waals surface area (Å²) in [4.78, 5) is 2.59. The van der Waals surface area contributed by atoms with Crippen LogP contribution in [-0.2, 0) is 13.6 Å². The molecule has 2 fully saturated rings. The van der Waals surface area contributed by atoms with Crippen molar-refractivity contribution < 1.29 is 0 Å². The Labute approximate surface area is 116 Å². The van der Waals surface area contributed by atoms with Gasteiger partial charge in [0.1, 0.15) is 0 Å². The van der Waals surface area contributed by atoms with Gasteiger partial charge in [0, 0.05) is 19.8 Å². The Morgan fingerprint density at radius 1 is 1.16 bits per heavy atom. The lowest BCUT2D eigenvalue weighted by Gasteiger charge is -2.37. The fraction of sp³-hybridized carbons (Fsp3) is 0.800. The fourth-order valence-electron chi connectivity index (χ4n) is 3.68. The zero-order valence-electron chi connectivity index (χ0n) is 12.0. The molecule has 0 atom stereocenters. The van der Waals surface area contributed by atoms with Crippen LogP contribution in [0.4, 0.5) is 0 Å². The molecule has 4 nitrogen and oxygen atoms in total. The molecule has 0 spiro atoms. The molecule has 4 heteroatoms. The number of aromatic nitrogens is 2. The second-order valence-corrected chi connectivity index (χ2v) is 6.15. The van der Waals surface area contributed by atoms with Crippen LogP contribution in [0.1, 0.15) is 31.4 Å².